The molecule has 0 spiro atoms. The quantitative estimate of drug-likeness (QED) is 0.860. The van der Waals surface area contributed by atoms with Gasteiger partial charge in [0.25, 0.3) is 0 Å². The number of hydrogen-bond acceptors (Lipinski definition) is 3. The van der Waals surface area contributed by atoms with Crippen molar-refractivity contribution in [3.05, 3.63) is 53.3 Å². The number of carboxylic acids is 1. The van der Waals surface area contributed by atoms with Crippen LogP contribution in [0.25, 0.3) is 0 Å². The van der Waals surface area contributed by atoms with Crippen molar-refractivity contribution in [2.75, 3.05) is 13.1 Å². The fraction of sp³-hybridized carbons (Fsp3) is 0.500. The van der Waals surface area contributed by atoms with Gasteiger partial charge in [-0.15, -0.1) is 0 Å². The van der Waals surface area contributed by atoms with Gasteiger partial charge in [0.05, 0.1) is 23.3 Å². The minimum Gasteiger partial charge on any atom is -0.478 e. The molecule has 1 aromatic heterocycles. The summed E-state index contributed by atoms with van der Waals surface area (Å²) in [6, 6.07) is 10.5. The number of likely N-dealkylation sites (tertiary alicyclic amines) is 1. The van der Waals surface area contributed by atoms with E-state index in [-0.39, 0.29) is 17.0 Å². The molecular weight excluding hydrogens is 354 g/mol. The molecule has 0 bridgehead atoms. The average Bonchev–Trinajstić information content (AvgIpc) is 3.07. The summed E-state index contributed by atoms with van der Waals surface area (Å²) in [6.45, 7) is 3.22. The van der Waals surface area contributed by atoms with Crippen molar-refractivity contribution < 1.29 is 14.7 Å². The minimum absolute atomic E-state index is 0.156. The Morgan fingerprint density at radius 1 is 1.18 bits per heavy atom. The van der Waals surface area contributed by atoms with Crippen LogP contribution in [0.5, 0.6) is 0 Å². The highest BCUT2D eigenvalue weighted by Crippen LogP contribution is 2.46. The number of rotatable bonds is 5. The Balaban J connectivity index is 1.42. The lowest BCUT2D eigenvalue weighted by Crippen LogP contribution is -2.51. The van der Waals surface area contributed by atoms with Crippen LogP contribution in [-0.4, -0.2) is 44.8 Å². The zero-order valence-corrected chi connectivity index (χ0v) is 16.3. The maximum Gasteiger partial charge on any atom is 0.339 e. The summed E-state index contributed by atoms with van der Waals surface area (Å²) in [5, 5.41) is 13.5. The van der Waals surface area contributed by atoms with Crippen molar-refractivity contribution in [3.63, 3.8) is 0 Å². The summed E-state index contributed by atoms with van der Waals surface area (Å²) in [4.78, 5) is 26.6. The molecule has 2 aromatic rings. The predicted molar refractivity (Wildman–Crippen MR) is 105 cm³/mol. The molecule has 1 saturated heterocycles. The summed E-state index contributed by atoms with van der Waals surface area (Å²) >= 11 is 0. The average molecular weight is 381 g/mol. The number of carboxylic acid groups (broad SMARTS) is 1. The molecule has 28 heavy (non-hydrogen) atoms. The number of hydrogen-bond donors (Lipinski definition) is 1. The third kappa shape index (κ3) is 3.32. The summed E-state index contributed by atoms with van der Waals surface area (Å²) in [7, 11) is 0. The van der Waals surface area contributed by atoms with E-state index in [9.17, 15) is 14.7 Å². The van der Waals surface area contributed by atoms with E-state index in [1.54, 1.807) is 6.92 Å². The first-order valence-corrected chi connectivity index (χ1v) is 10.1. The van der Waals surface area contributed by atoms with Gasteiger partial charge in [0, 0.05) is 13.1 Å². The highest BCUT2D eigenvalue weighted by atomic mass is 16.4. The first-order valence-electron chi connectivity index (χ1n) is 10.1. The minimum atomic E-state index is -0.941. The standard InChI is InChI=1S/C22H27N3O3/c1-16-19(20(26)27)15-23-25(16)18-8-12-24(13-9-18)21(28)22(10-5-11-22)14-17-6-3-2-4-7-17/h2-4,6-7,15,18H,5,8-14H2,1H3,(H,26,27). The fourth-order valence-electron chi connectivity index (χ4n) is 4.71. The van der Waals surface area contributed by atoms with Crippen LogP contribution >= 0.6 is 0 Å². The zero-order valence-electron chi connectivity index (χ0n) is 16.3. The third-order valence-electron chi connectivity index (χ3n) is 6.52. The molecule has 2 fully saturated rings. The van der Waals surface area contributed by atoms with E-state index < -0.39 is 5.97 Å². The molecule has 6 heteroatoms. The van der Waals surface area contributed by atoms with Crippen molar-refractivity contribution in [2.24, 2.45) is 5.41 Å². The smallest absolute Gasteiger partial charge is 0.339 e. The lowest BCUT2D eigenvalue weighted by atomic mass is 9.64. The molecule has 1 aromatic carbocycles. The molecule has 2 heterocycles. The molecule has 0 unspecified atom stereocenters. The largest absolute Gasteiger partial charge is 0.478 e. The SMILES string of the molecule is Cc1c(C(=O)O)cnn1C1CCN(C(=O)C2(Cc3ccccc3)CCC2)CC1. The van der Waals surface area contributed by atoms with Crippen LogP contribution in [0.2, 0.25) is 0 Å². The van der Waals surface area contributed by atoms with E-state index >= 15 is 0 Å². The molecular formula is C22H27N3O3. The Kier molecular flexibility index (Phi) is 4.96. The van der Waals surface area contributed by atoms with Gasteiger partial charge >= 0.3 is 5.97 Å². The topological polar surface area (TPSA) is 75.4 Å². The van der Waals surface area contributed by atoms with Crippen molar-refractivity contribution in [3.8, 4) is 0 Å². The van der Waals surface area contributed by atoms with Crippen molar-refractivity contribution in [2.45, 2.75) is 51.5 Å². The fourth-order valence-corrected chi connectivity index (χ4v) is 4.71. The number of amides is 1. The van der Waals surface area contributed by atoms with E-state index in [4.69, 9.17) is 0 Å². The van der Waals surface area contributed by atoms with Crippen molar-refractivity contribution in [1.82, 2.24) is 14.7 Å². The summed E-state index contributed by atoms with van der Waals surface area (Å²) in [6.07, 6.45) is 6.95. The number of carbonyl (C=O) groups is 2. The second-order valence-corrected chi connectivity index (χ2v) is 8.21. The Labute approximate surface area is 165 Å². The highest BCUT2D eigenvalue weighted by molar-refractivity contribution is 5.88. The van der Waals surface area contributed by atoms with Crippen LogP contribution in [-0.2, 0) is 11.2 Å². The van der Waals surface area contributed by atoms with Gasteiger partial charge in [-0.05, 0) is 44.6 Å². The number of aromatic carboxylic acids is 1. The van der Waals surface area contributed by atoms with E-state index in [0.29, 0.717) is 24.7 Å². The highest BCUT2D eigenvalue weighted by Gasteiger charge is 2.46. The van der Waals surface area contributed by atoms with E-state index in [1.807, 2.05) is 27.8 Å². The second-order valence-electron chi connectivity index (χ2n) is 8.21. The maximum atomic E-state index is 13.3. The normalized spacial score (nSPS) is 19.2. The molecule has 2 aliphatic rings. The predicted octanol–water partition coefficient (Wildman–Crippen LogP) is 3.47. The lowest BCUT2D eigenvalue weighted by molar-refractivity contribution is -0.149. The molecule has 1 N–H and O–H groups in total. The number of benzene rings is 1. The number of aromatic nitrogens is 2. The number of nitrogens with zero attached hydrogens (tertiary/aromatic N) is 3. The van der Waals surface area contributed by atoms with Crippen LogP contribution in [0.4, 0.5) is 0 Å². The van der Waals surface area contributed by atoms with E-state index in [0.717, 1.165) is 38.5 Å². The van der Waals surface area contributed by atoms with Gasteiger partial charge in [-0.2, -0.15) is 5.10 Å². The molecule has 148 valence electrons. The molecule has 6 nitrogen and oxygen atoms in total. The molecule has 0 radical (unpaired) electrons. The van der Waals surface area contributed by atoms with Gasteiger partial charge in [-0.3, -0.25) is 9.48 Å². The second kappa shape index (κ2) is 7.41. The molecule has 1 aliphatic carbocycles. The molecule has 1 saturated carbocycles. The zero-order chi connectivity index (χ0) is 19.7. The Bertz CT molecular complexity index is 862. The van der Waals surface area contributed by atoms with Crippen LogP contribution in [0.3, 0.4) is 0 Å². The van der Waals surface area contributed by atoms with Crippen LogP contribution in [0, 0.1) is 12.3 Å². The summed E-state index contributed by atoms with van der Waals surface area (Å²) < 4.78 is 1.83. The number of carbonyl (C=O) groups excluding carboxylic acids is 1. The first kappa shape index (κ1) is 18.7. The van der Waals surface area contributed by atoms with Crippen LogP contribution < -0.4 is 0 Å². The summed E-state index contributed by atoms with van der Waals surface area (Å²) in [5.74, 6) is -0.645. The molecule has 4 rings (SSSR count). The summed E-state index contributed by atoms with van der Waals surface area (Å²) in [5.41, 5.74) is 1.96. The monoisotopic (exact) mass is 381 g/mol. The Morgan fingerprint density at radius 3 is 2.39 bits per heavy atom. The first-order chi connectivity index (χ1) is 13.5. The van der Waals surface area contributed by atoms with E-state index in [1.165, 1.54) is 11.8 Å². The van der Waals surface area contributed by atoms with Gasteiger partial charge in [0.2, 0.25) is 5.91 Å². The van der Waals surface area contributed by atoms with Gasteiger partial charge in [-0.25, -0.2) is 4.79 Å². The Hall–Kier alpha value is -2.63. The third-order valence-corrected chi connectivity index (χ3v) is 6.52. The van der Waals surface area contributed by atoms with Gasteiger partial charge in [-0.1, -0.05) is 36.8 Å². The Morgan fingerprint density at radius 2 is 1.86 bits per heavy atom. The van der Waals surface area contributed by atoms with Crippen molar-refractivity contribution >= 4 is 11.9 Å². The molecule has 1 aliphatic heterocycles. The number of piperidine rings is 1. The maximum absolute atomic E-state index is 13.3. The van der Waals surface area contributed by atoms with Crippen molar-refractivity contribution in [1.29, 1.82) is 0 Å². The van der Waals surface area contributed by atoms with Gasteiger partial charge in [0.15, 0.2) is 0 Å². The van der Waals surface area contributed by atoms with E-state index in [2.05, 4.69) is 17.2 Å². The van der Waals surface area contributed by atoms with Gasteiger partial charge in [0.1, 0.15) is 5.56 Å². The van der Waals surface area contributed by atoms with Crippen LogP contribution in [0.1, 0.15) is 59.8 Å². The van der Waals surface area contributed by atoms with Crippen LogP contribution in [0.15, 0.2) is 36.5 Å². The molecule has 0 atom stereocenters. The molecule has 1 amide bonds. The lowest BCUT2D eigenvalue weighted by Gasteiger charge is -2.45. The van der Waals surface area contributed by atoms with Gasteiger partial charge < -0.3 is 10.0 Å².